The number of rotatable bonds is 8. The molecule has 1 aromatic rings. The second-order valence-corrected chi connectivity index (χ2v) is 4.05. The van der Waals surface area contributed by atoms with E-state index in [1.165, 1.54) is 6.07 Å². The van der Waals surface area contributed by atoms with E-state index in [9.17, 15) is 4.39 Å². The molecule has 0 amide bonds. The Morgan fingerprint density at radius 1 is 1.44 bits per heavy atom. The van der Waals surface area contributed by atoms with Crippen molar-refractivity contribution in [3.63, 3.8) is 0 Å². The Hall–Kier alpha value is -1.17. The maximum Gasteiger partial charge on any atom is 0.129 e. The summed E-state index contributed by atoms with van der Waals surface area (Å²) in [5.41, 5.74) is 1.42. The van der Waals surface area contributed by atoms with Gasteiger partial charge in [-0.2, -0.15) is 0 Å². The lowest BCUT2D eigenvalue weighted by molar-refractivity contribution is 0.199. The second-order valence-electron chi connectivity index (χ2n) is 4.05. The number of ether oxygens (including phenoxy) is 1. The van der Waals surface area contributed by atoms with Crippen LogP contribution in [0.25, 0.3) is 0 Å². The fourth-order valence-electron chi connectivity index (χ4n) is 1.74. The maximum atomic E-state index is 13.8. The smallest absolute Gasteiger partial charge is 0.129 e. The maximum absolute atomic E-state index is 13.8. The molecule has 0 saturated carbocycles. The molecule has 0 bridgehead atoms. The van der Waals surface area contributed by atoms with Gasteiger partial charge in [0, 0.05) is 45.0 Å². The molecule has 1 aromatic carbocycles. The molecule has 0 spiro atoms. The van der Waals surface area contributed by atoms with E-state index in [1.807, 2.05) is 18.0 Å². The lowest BCUT2D eigenvalue weighted by Gasteiger charge is -2.22. The van der Waals surface area contributed by atoms with Gasteiger partial charge in [-0.05, 0) is 12.1 Å². The van der Waals surface area contributed by atoms with Crippen molar-refractivity contribution in [1.82, 2.24) is 5.32 Å². The first-order valence-electron chi connectivity index (χ1n) is 5.99. The van der Waals surface area contributed by atoms with E-state index < -0.39 is 0 Å². The van der Waals surface area contributed by atoms with Crippen molar-refractivity contribution in [2.24, 2.45) is 0 Å². The Balaban J connectivity index is 2.73. The van der Waals surface area contributed by atoms with Crippen LogP contribution in [0.1, 0.15) is 5.56 Å². The van der Waals surface area contributed by atoms with Gasteiger partial charge in [-0.1, -0.05) is 6.07 Å². The molecule has 2 N–H and O–H groups in total. The van der Waals surface area contributed by atoms with Crippen LogP contribution < -0.4 is 10.2 Å². The van der Waals surface area contributed by atoms with Crippen molar-refractivity contribution in [3.05, 3.63) is 29.6 Å². The van der Waals surface area contributed by atoms with Gasteiger partial charge < -0.3 is 20.1 Å². The van der Waals surface area contributed by atoms with Gasteiger partial charge in [-0.25, -0.2) is 4.39 Å². The van der Waals surface area contributed by atoms with Crippen LogP contribution in [0.2, 0.25) is 0 Å². The number of hydrogen-bond donors (Lipinski definition) is 2. The van der Waals surface area contributed by atoms with Crippen molar-refractivity contribution < 1.29 is 14.2 Å². The fourth-order valence-corrected chi connectivity index (χ4v) is 1.74. The van der Waals surface area contributed by atoms with Gasteiger partial charge in [0.1, 0.15) is 5.82 Å². The summed E-state index contributed by atoms with van der Waals surface area (Å²) in [5, 5.41) is 12.1. The number of methoxy groups -OCH3 is 1. The van der Waals surface area contributed by atoms with E-state index in [1.54, 1.807) is 13.2 Å². The van der Waals surface area contributed by atoms with Crippen LogP contribution >= 0.6 is 0 Å². The topological polar surface area (TPSA) is 44.7 Å². The molecule has 0 aliphatic carbocycles. The van der Waals surface area contributed by atoms with E-state index in [0.29, 0.717) is 31.8 Å². The average Bonchev–Trinajstić information content (AvgIpc) is 2.36. The largest absolute Gasteiger partial charge is 0.395 e. The van der Waals surface area contributed by atoms with Gasteiger partial charge in [0.15, 0.2) is 0 Å². The van der Waals surface area contributed by atoms with Gasteiger partial charge in [-0.15, -0.1) is 0 Å². The minimum Gasteiger partial charge on any atom is -0.395 e. The van der Waals surface area contributed by atoms with E-state index in [2.05, 4.69) is 5.32 Å². The Bertz CT molecular complexity index is 361. The summed E-state index contributed by atoms with van der Waals surface area (Å²) in [6.07, 6.45) is 0. The lowest BCUT2D eigenvalue weighted by Crippen LogP contribution is -2.25. The first kappa shape index (κ1) is 14.9. The number of nitrogens with one attached hydrogen (secondary N) is 1. The molecule has 4 nitrogen and oxygen atoms in total. The molecular weight excluding hydrogens is 235 g/mol. The highest BCUT2D eigenvalue weighted by Crippen LogP contribution is 2.21. The first-order chi connectivity index (χ1) is 8.70. The third-order valence-corrected chi connectivity index (χ3v) is 2.73. The summed E-state index contributed by atoms with van der Waals surface area (Å²) in [4.78, 5) is 1.84. The second kappa shape index (κ2) is 8.02. The molecule has 1 rings (SSSR count). The third-order valence-electron chi connectivity index (χ3n) is 2.73. The fraction of sp³-hybridized carbons (Fsp3) is 0.538. The summed E-state index contributed by atoms with van der Waals surface area (Å²) >= 11 is 0. The average molecular weight is 256 g/mol. The number of likely N-dealkylation sites (N-methyl/N-ethyl adjacent to an activating group) is 1. The predicted octanol–water partition coefficient (Wildman–Crippen LogP) is 0.990. The van der Waals surface area contributed by atoms with Gasteiger partial charge in [-0.3, -0.25) is 0 Å². The summed E-state index contributed by atoms with van der Waals surface area (Å²) < 4.78 is 18.7. The highest BCUT2D eigenvalue weighted by atomic mass is 19.1. The van der Waals surface area contributed by atoms with Crippen LogP contribution in [0.4, 0.5) is 10.1 Å². The Morgan fingerprint density at radius 3 is 2.89 bits per heavy atom. The zero-order chi connectivity index (χ0) is 13.4. The number of hydrogen-bond acceptors (Lipinski definition) is 4. The first-order valence-corrected chi connectivity index (χ1v) is 5.99. The van der Waals surface area contributed by atoms with Crippen LogP contribution in [0, 0.1) is 5.82 Å². The zero-order valence-electron chi connectivity index (χ0n) is 10.9. The van der Waals surface area contributed by atoms with Crippen LogP contribution in [0.5, 0.6) is 0 Å². The highest BCUT2D eigenvalue weighted by molar-refractivity contribution is 5.53. The van der Waals surface area contributed by atoms with Crippen molar-refractivity contribution in [3.8, 4) is 0 Å². The molecule has 18 heavy (non-hydrogen) atoms. The Labute approximate surface area is 107 Å². The molecule has 102 valence electrons. The van der Waals surface area contributed by atoms with Gasteiger partial charge in [0.25, 0.3) is 0 Å². The SMILES string of the molecule is COCCNCc1c(F)cccc1N(C)CCO. The summed E-state index contributed by atoms with van der Waals surface area (Å²) in [5.74, 6) is -0.234. The van der Waals surface area contributed by atoms with Gasteiger partial charge in [0.2, 0.25) is 0 Å². The summed E-state index contributed by atoms with van der Waals surface area (Å²) in [6.45, 7) is 2.24. The van der Waals surface area contributed by atoms with Crippen molar-refractivity contribution in [2.45, 2.75) is 6.54 Å². The molecule has 0 heterocycles. The third kappa shape index (κ3) is 4.25. The molecule has 0 saturated heterocycles. The Morgan fingerprint density at radius 2 is 2.22 bits per heavy atom. The highest BCUT2D eigenvalue weighted by Gasteiger charge is 2.11. The number of aliphatic hydroxyl groups is 1. The molecule has 0 aliphatic heterocycles. The van der Waals surface area contributed by atoms with Gasteiger partial charge >= 0.3 is 0 Å². The molecule has 0 radical (unpaired) electrons. The standard InChI is InChI=1S/C13H21FN2O2/c1-16(7-8-17)13-5-3-4-12(14)11(13)10-15-6-9-18-2/h3-5,15,17H,6-10H2,1-2H3. The molecule has 0 unspecified atom stereocenters. The Kier molecular flexibility index (Phi) is 6.64. The van der Waals surface area contributed by atoms with Crippen LogP contribution in [-0.4, -0.2) is 45.6 Å². The molecular formula is C13H21FN2O2. The van der Waals surface area contributed by atoms with Crippen molar-refractivity contribution >= 4 is 5.69 Å². The quantitative estimate of drug-likeness (QED) is 0.681. The number of nitrogens with zero attached hydrogens (tertiary/aromatic N) is 1. The van der Waals surface area contributed by atoms with E-state index >= 15 is 0 Å². The van der Waals surface area contributed by atoms with E-state index in [0.717, 1.165) is 5.69 Å². The predicted molar refractivity (Wildman–Crippen MR) is 70.3 cm³/mol. The molecule has 5 heteroatoms. The van der Waals surface area contributed by atoms with E-state index in [4.69, 9.17) is 9.84 Å². The molecule has 0 aromatic heterocycles. The lowest BCUT2D eigenvalue weighted by atomic mass is 10.1. The molecule has 0 aliphatic rings. The van der Waals surface area contributed by atoms with Crippen molar-refractivity contribution in [1.29, 1.82) is 0 Å². The number of aliphatic hydroxyl groups excluding tert-OH is 1. The van der Waals surface area contributed by atoms with Crippen LogP contribution in [-0.2, 0) is 11.3 Å². The summed E-state index contributed by atoms with van der Waals surface area (Å²) in [7, 11) is 3.47. The monoisotopic (exact) mass is 256 g/mol. The minimum absolute atomic E-state index is 0.0452. The van der Waals surface area contributed by atoms with E-state index in [-0.39, 0.29) is 12.4 Å². The van der Waals surface area contributed by atoms with Crippen molar-refractivity contribution in [2.75, 3.05) is 45.4 Å². The zero-order valence-corrected chi connectivity index (χ0v) is 10.9. The van der Waals surface area contributed by atoms with Crippen LogP contribution in [0.15, 0.2) is 18.2 Å². The minimum atomic E-state index is -0.234. The number of halogens is 1. The van der Waals surface area contributed by atoms with Gasteiger partial charge in [0.05, 0.1) is 13.2 Å². The molecule has 0 atom stereocenters. The summed E-state index contributed by atoms with van der Waals surface area (Å²) in [6, 6.07) is 4.98. The molecule has 0 fully saturated rings. The van der Waals surface area contributed by atoms with Crippen LogP contribution in [0.3, 0.4) is 0 Å². The number of benzene rings is 1. The normalized spacial score (nSPS) is 10.7. The number of anilines is 1.